The van der Waals surface area contributed by atoms with Crippen molar-refractivity contribution >= 4 is 11.9 Å². The number of aliphatic carboxylic acids is 2. The molecule has 0 saturated heterocycles. The summed E-state index contributed by atoms with van der Waals surface area (Å²) in [5.74, 6) is -2.81. The fraction of sp³-hybridized carbons (Fsp3) is 0.778. The molecule has 0 aromatic heterocycles. The summed E-state index contributed by atoms with van der Waals surface area (Å²) in [5.41, 5.74) is 3.66. The van der Waals surface area contributed by atoms with Crippen LogP contribution in [0.3, 0.4) is 0 Å². The van der Waals surface area contributed by atoms with Crippen LogP contribution in [0.2, 0.25) is 0 Å². The summed E-state index contributed by atoms with van der Waals surface area (Å²) in [5, 5.41) is 18.3. The van der Waals surface area contributed by atoms with Crippen LogP contribution in [0.15, 0.2) is 0 Å². The molecule has 0 aromatic carbocycles. The standard InChI is InChI=1S/C9H18N2O4/c1-5-6(10)9(7(12)13,8(14)15)11(2,3)4/h6H,5,10H2,1-4H3,(H-,12,13,14,15)/p+1. The molecule has 0 aliphatic heterocycles. The van der Waals surface area contributed by atoms with Gasteiger partial charge in [0.05, 0.1) is 27.2 Å². The lowest BCUT2D eigenvalue weighted by Gasteiger charge is -2.42. The number of carboxylic acids is 2. The Bertz CT molecular complexity index is 256. The Morgan fingerprint density at radius 3 is 1.67 bits per heavy atom. The molecule has 0 aromatic rings. The molecule has 0 saturated carbocycles. The monoisotopic (exact) mass is 219 g/mol. The van der Waals surface area contributed by atoms with E-state index in [0.29, 0.717) is 0 Å². The molecule has 88 valence electrons. The number of hydrogen-bond donors (Lipinski definition) is 3. The van der Waals surface area contributed by atoms with E-state index in [1.807, 2.05) is 0 Å². The lowest BCUT2D eigenvalue weighted by molar-refractivity contribution is -0.905. The van der Waals surface area contributed by atoms with Gasteiger partial charge in [0.15, 0.2) is 0 Å². The molecule has 6 heteroatoms. The normalized spacial score (nSPS) is 14.7. The number of likely N-dealkylation sites (N-methyl/N-ethyl adjacent to an activating group) is 1. The summed E-state index contributed by atoms with van der Waals surface area (Å²) >= 11 is 0. The van der Waals surface area contributed by atoms with Gasteiger partial charge >= 0.3 is 17.5 Å². The van der Waals surface area contributed by atoms with E-state index >= 15 is 0 Å². The quantitative estimate of drug-likeness (QED) is 0.421. The first-order valence-electron chi connectivity index (χ1n) is 4.66. The summed E-state index contributed by atoms with van der Waals surface area (Å²) in [6, 6.07) is -0.937. The van der Waals surface area contributed by atoms with Gasteiger partial charge in [0.1, 0.15) is 0 Å². The maximum atomic E-state index is 11.2. The first-order chi connectivity index (χ1) is 6.62. The van der Waals surface area contributed by atoms with Crippen LogP contribution in [0.4, 0.5) is 0 Å². The van der Waals surface area contributed by atoms with E-state index in [9.17, 15) is 9.59 Å². The fourth-order valence-corrected chi connectivity index (χ4v) is 1.78. The second-order valence-electron chi connectivity index (χ2n) is 4.40. The molecule has 0 bridgehead atoms. The molecule has 15 heavy (non-hydrogen) atoms. The average molecular weight is 219 g/mol. The molecule has 0 rings (SSSR count). The fourth-order valence-electron chi connectivity index (χ4n) is 1.78. The van der Waals surface area contributed by atoms with E-state index in [2.05, 4.69) is 0 Å². The topological polar surface area (TPSA) is 101 Å². The molecule has 4 N–H and O–H groups in total. The third-order valence-corrected chi connectivity index (χ3v) is 2.69. The van der Waals surface area contributed by atoms with Crippen LogP contribution >= 0.6 is 0 Å². The van der Waals surface area contributed by atoms with Gasteiger partial charge in [-0.3, -0.25) is 0 Å². The lowest BCUT2D eigenvalue weighted by Crippen LogP contribution is -2.74. The van der Waals surface area contributed by atoms with Crippen molar-refractivity contribution in [3.8, 4) is 0 Å². The number of nitrogens with two attached hydrogens (primary N) is 1. The van der Waals surface area contributed by atoms with Crippen LogP contribution in [0, 0.1) is 0 Å². The lowest BCUT2D eigenvalue weighted by atomic mass is 9.85. The maximum Gasteiger partial charge on any atom is 0.379 e. The van der Waals surface area contributed by atoms with Crippen molar-refractivity contribution in [3.05, 3.63) is 0 Å². The number of carbonyl (C=O) groups is 2. The number of carboxylic acid groups (broad SMARTS) is 2. The number of nitrogens with zero attached hydrogens (tertiary/aromatic N) is 1. The number of hydrogen-bond acceptors (Lipinski definition) is 3. The van der Waals surface area contributed by atoms with Gasteiger partial charge in [-0.2, -0.15) is 0 Å². The second kappa shape index (κ2) is 4.16. The van der Waals surface area contributed by atoms with Crippen molar-refractivity contribution in [2.24, 2.45) is 5.73 Å². The van der Waals surface area contributed by atoms with Crippen molar-refractivity contribution in [1.82, 2.24) is 0 Å². The molecular weight excluding hydrogens is 200 g/mol. The molecular formula is C9H19N2O4+. The van der Waals surface area contributed by atoms with Gasteiger partial charge in [0, 0.05) is 0 Å². The zero-order chi connectivity index (χ0) is 12.4. The van der Waals surface area contributed by atoms with E-state index in [1.165, 1.54) is 21.1 Å². The Morgan fingerprint density at radius 1 is 1.27 bits per heavy atom. The molecule has 0 aliphatic carbocycles. The zero-order valence-electron chi connectivity index (χ0n) is 9.52. The molecule has 1 unspecified atom stereocenters. The first-order valence-corrected chi connectivity index (χ1v) is 4.66. The summed E-state index contributed by atoms with van der Waals surface area (Å²) in [4.78, 5) is 22.5. The summed E-state index contributed by atoms with van der Waals surface area (Å²) in [6.07, 6.45) is 0.286. The third-order valence-electron chi connectivity index (χ3n) is 2.69. The summed E-state index contributed by atoms with van der Waals surface area (Å²) in [6.45, 7) is 1.67. The Labute approximate surface area is 88.9 Å². The van der Waals surface area contributed by atoms with Gasteiger partial charge < -0.3 is 20.4 Å². The summed E-state index contributed by atoms with van der Waals surface area (Å²) in [7, 11) is 4.54. The van der Waals surface area contributed by atoms with Crippen LogP contribution < -0.4 is 5.73 Å². The molecule has 0 radical (unpaired) electrons. The highest BCUT2D eigenvalue weighted by Crippen LogP contribution is 2.25. The van der Waals surface area contributed by atoms with Gasteiger partial charge in [-0.1, -0.05) is 6.92 Å². The van der Waals surface area contributed by atoms with Gasteiger partial charge in [-0.05, 0) is 6.42 Å². The highest BCUT2D eigenvalue weighted by Gasteiger charge is 2.62. The van der Waals surface area contributed by atoms with Crippen LogP contribution in [0.1, 0.15) is 13.3 Å². The first kappa shape index (κ1) is 13.9. The Kier molecular flexibility index (Phi) is 3.84. The molecule has 1 atom stereocenters. The van der Waals surface area contributed by atoms with Crippen molar-refractivity contribution in [3.63, 3.8) is 0 Å². The van der Waals surface area contributed by atoms with Crippen molar-refractivity contribution in [2.75, 3.05) is 21.1 Å². The molecule has 0 amide bonds. The Hall–Kier alpha value is -1.14. The second-order valence-corrected chi connectivity index (χ2v) is 4.40. The summed E-state index contributed by atoms with van der Waals surface area (Å²) < 4.78 is -0.257. The van der Waals surface area contributed by atoms with Crippen molar-refractivity contribution < 1.29 is 24.3 Å². The zero-order valence-corrected chi connectivity index (χ0v) is 9.52. The SMILES string of the molecule is CCC(N)C(C(=O)O)(C(=O)O)[N+](C)(C)C. The van der Waals surface area contributed by atoms with Gasteiger partial charge in [0.2, 0.25) is 0 Å². The van der Waals surface area contributed by atoms with Crippen molar-refractivity contribution in [1.29, 1.82) is 0 Å². The number of rotatable bonds is 5. The minimum absolute atomic E-state index is 0.257. The highest BCUT2D eigenvalue weighted by molar-refractivity contribution is 6.02. The van der Waals surface area contributed by atoms with Crippen molar-refractivity contribution in [2.45, 2.75) is 24.9 Å². The predicted octanol–water partition coefficient (Wildman–Crippen LogP) is -0.662. The predicted molar refractivity (Wildman–Crippen MR) is 54.3 cm³/mol. The Morgan fingerprint density at radius 2 is 1.60 bits per heavy atom. The maximum absolute atomic E-state index is 11.2. The van der Waals surface area contributed by atoms with Crippen LogP contribution in [-0.4, -0.2) is 59.4 Å². The van der Waals surface area contributed by atoms with E-state index in [1.54, 1.807) is 6.92 Å². The van der Waals surface area contributed by atoms with Crippen LogP contribution in [0.5, 0.6) is 0 Å². The smallest absolute Gasteiger partial charge is 0.379 e. The highest BCUT2D eigenvalue weighted by atomic mass is 16.4. The minimum Gasteiger partial charge on any atom is -0.476 e. The molecule has 0 aliphatic rings. The van der Waals surface area contributed by atoms with E-state index in [-0.39, 0.29) is 10.9 Å². The van der Waals surface area contributed by atoms with E-state index in [0.717, 1.165) is 0 Å². The van der Waals surface area contributed by atoms with Gasteiger partial charge in [0.25, 0.3) is 0 Å². The molecule has 0 fully saturated rings. The Balaban J connectivity index is 5.71. The molecule has 0 heterocycles. The van der Waals surface area contributed by atoms with Gasteiger partial charge in [-0.25, -0.2) is 9.59 Å². The van der Waals surface area contributed by atoms with E-state index in [4.69, 9.17) is 15.9 Å². The molecule has 0 spiro atoms. The third kappa shape index (κ3) is 1.95. The molecule has 6 nitrogen and oxygen atoms in total. The number of quaternary nitrogens is 1. The van der Waals surface area contributed by atoms with Crippen LogP contribution in [-0.2, 0) is 9.59 Å². The van der Waals surface area contributed by atoms with Gasteiger partial charge in [-0.15, -0.1) is 0 Å². The minimum atomic E-state index is -2.01. The van der Waals surface area contributed by atoms with Crippen LogP contribution in [0.25, 0.3) is 0 Å². The average Bonchev–Trinajstić information content (AvgIpc) is 2.00. The largest absolute Gasteiger partial charge is 0.476 e. The van der Waals surface area contributed by atoms with E-state index < -0.39 is 23.5 Å².